The Hall–Kier alpha value is -2.36. The number of pyridine rings is 1. The average molecular weight is 478 g/mol. The van der Waals surface area contributed by atoms with Gasteiger partial charge in [-0.15, -0.1) is 34.2 Å². The highest BCUT2D eigenvalue weighted by molar-refractivity contribution is 14.0. The van der Waals surface area contributed by atoms with Gasteiger partial charge >= 0.3 is 0 Å². The smallest absolute Gasteiger partial charge is 0.191 e. The molecule has 142 valence electrons. The van der Waals surface area contributed by atoms with Gasteiger partial charge in [0.15, 0.2) is 11.6 Å². The van der Waals surface area contributed by atoms with Crippen molar-refractivity contribution >= 4 is 35.6 Å². The van der Waals surface area contributed by atoms with Gasteiger partial charge in [-0.25, -0.2) is 0 Å². The molecule has 0 fully saturated rings. The second-order valence-electron chi connectivity index (χ2n) is 6.23. The van der Waals surface area contributed by atoms with Crippen molar-refractivity contribution in [2.75, 3.05) is 20.1 Å². The lowest BCUT2D eigenvalue weighted by atomic mass is 10.1. The Kier molecular flexibility index (Phi) is 6.49. The number of guanidine groups is 1. The molecule has 0 amide bonds. The predicted molar refractivity (Wildman–Crippen MR) is 116 cm³/mol. The summed E-state index contributed by atoms with van der Waals surface area (Å²) in [4.78, 5) is 4.28. The van der Waals surface area contributed by atoms with Crippen molar-refractivity contribution in [3.8, 4) is 5.75 Å². The van der Waals surface area contributed by atoms with Crippen LogP contribution in [0.2, 0.25) is 0 Å². The fourth-order valence-electron chi connectivity index (χ4n) is 3.15. The third kappa shape index (κ3) is 4.49. The van der Waals surface area contributed by atoms with E-state index < -0.39 is 0 Å². The molecule has 0 radical (unpaired) electrons. The van der Waals surface area contributed by atoms with Gasteiger partial charge < -0.3 is 15.4 Å². The zero-order chi connectivity index (χ0) is 17.8. The maximum atomic E-state index is 5.95. The number of para-hydroxylation sites is 1. The Balaban J connectivity index is 0.00000210. The number of nitrogens with one attached hydrogen (secondary N) is 2. The summed E-state index contributed by atoms with van der Waals surface area (Å²) in [5, 5.41) is 15.1. The first-order valence-corrected chi connectivity index (χ1v) is 8.81. The van der Waals surface area contributed by atoms with Crippen molar-refractivity contribution in [3.63, 3.8) is 0 Å². The number of fused-ring (bicyclic) bond motifs is 2. The van der Waals surface area contributed by atoms with E-state index in [1.165, 1.54) is 5.56 Å². The van der Waals surface area contributed by atoms with Crippen LogP contribution in [-0.2, 0) is 12.8 Å². The molecule has 0 bridgehead atoms. The lowest BCUT2D eigenvalue weighted by molar-refractivity contribution is 0.235. The Labute approximate surface area is 175 Å². The second-order valence-corrected chi connectivity index (χ2v) is 6.23. The summed E-state index contributed by atoms with van der Waals surface area (Å²) in [5.74, 6) is 2.68. The van der Waals surface area contributed by atoms with Gasteiger partial charge in [-0.3, -0.25) is 9.39 Å². The number of hydrogen-bond acceptors (Lipinski definition) is 4. The van der Waals surface area contributed by atoms with E-state index in [0.29, 0.717) is 6.54 Å². The normalized spacial score (nSPS) is 15.7. The third-order valence-electron chi connectivity index (χ3n) is 4.46. The molecule has 27 heavy (non-hydrogen) atoms. The quantitative estimate of drug-likeness (QED) is 0.334. The highest BCUT2D eigenvalue weighted by atomic mass is 127. The average Bonchev–Trinajstić information content (AvgIpc) is 3.28. The monoisotopic (exact) mass is 478 g/mol. The van der Waals surface area contributed by atoms with E-state index in [-0.39, 0.29) is 30.1 Å². The SMILES string of the molecule is CN=C(NCCc1nnc2ccccn12)NCC1Cc2ccccc2O1.I. The molecule has 0 aliphatic carbocycles. The van der Waals surface area contributed by atoms with E-state index in [0.717, 1.165) is 42.6 Å². The minimum absolute atomic E-state index is 0. The zero-order valence-electron chi connectivity index (χ0n) is 15.1. The van der Waals surface area contributed by atoms with Gasteiger partial charge in [-0.2, -0.15) is 0 Å². The summed E-state index contributed by atoms with van der Waals surface area (Å²) < 4.78 is 7.95. The fourth-order valence-corrected chi connectivity index (χ4v) is 3.15. The molecule has 0 saturated heterocycles. The van der Waals surface area contributed by atoms with Crippen LogP contribution in [0, 0.1) is 0 Å². The minimum Gasteiger partial charge on any atom is -0.488 e. The molecule has 3 heterocycles. The van der Waals surface area contributed by atoms with Gasteiger partial charge in [0.1, 0.15) is 17.7 Å². The van der Waals surface area contributed by atoms with Crippen molar-refractivity contribution in [1.29, 1.82) is 0 Å². The van der Waals surface area contributed by atoms with Crippen LogP contribution in [0.1, 0.15) is 11.4 Å². The number of nitrogens with zero attached hydrogens (tertiary/aromatic N) is 4. The van der Waals surface area contributed by atoms with Crippen molar-refractivity contribution in [3.05, 3.63) is 60.0 Å². The van der Waals surface area contributed by atoms with Gasteiger partial charge in [0.25, 0.3) is 0 Å². The summed E-state index contributed by atoms with van der Waals surface area (Å²) in [6.45, 7) is 1.43. The molecular weight excluding hydrogens is 455 g/mol. The van der Waals surface area contributed by atoms with E-state index in [9.17, 15) is 0 Å². The zero-order valence-corrected chi connectivity index (χ0v) is 17.5. The van der Waals surface area contributed by atoms with Crippen LogP contribution < -0.4 is 15.4 Å². The number of aliphatic imine (C=N–C) groups is 1. The highest BCUT2D eigenvalue weighted by Crippen LogP contribution is 2.27. The van der Waals surface area contributed by atoms with Gasteiger partial charge in [0.05, 0.1) is 6.54 Å². The molecule has 2 aromatic heterocycles. The van der Waals surface area contributed by atoms with Crippen molar-refractivity contribution in [2.45, 2.75) is 18.9 Å². The summed E-state index contributed by atoms with van der Waals surface area (Å²) in [6, 6.07) is 14.1. The molecule has 1 aliphatic rings. The van der Waals surface area contributed by atoms with E-state index in [1.807, 2.05) is 47.0 Å². The first-order valence-electron chi connectivity index (χ1n) is 8.81. The van der Waals surface area contributed by atoms with Crippen LogP contribution in [-0.4, -0.2) is 46.8 Å². The first-order chi connectivity index (χ1) is 12.8. The number of aromatic nitrogens is 3. The Morgan fingerprint density at radius 2 is 2.04 bits per heavy atom. The molecule has 3 aromatic rings. The number of hydrogen-bond donors (Lipinski definition) is 2. The van der Waals surface area contributed by atoms with Crippen molar-refractivity contribution < 1.29 is 4.74 Å². The molecule has 8 heteroatoms. The van der Waals surface area contributed by atoms with Gasteiger partial charge in [-0.1, -0.05) is 24.3 Å². The Morgan fingerprint density at radius 3 is 2.89 bits per heavy atom. The van der Waals surface area contributed by atoms with Crippen molar-refractivity contribution in [1.82, 2.24) is 25.2 Å². The van der Waals surface area contributed by atoms with E-state index >= 15 is 0 Å². The highest BCUT2D eigenvalue weighted by Gasteiger charge is 2.22. The van der Waals surface area contributed by atoms with Crippen LogP contribution in [0.3, 0.4) is 0 Å². The first kappa shape index (κ1) is 19.4. The molecule has 1 aliphatic heterocycles. The topological polar surface area (TPSA) is 75.8 Å². The maximum absolute atomic E-state index is 5.95. The molecule has 0 saturated carbocycles. The van der Waals surface area contributed by atoms with Crippen LogP contribution in [0.25, 0.3) is 5.65 Å². The van der Waals surface area contributed by atoms with E-state index in [2.05, 4.69) is 31.9 Å². The largest absolute Gasteiger partial charge is 0.488 e. The summed E-state index contributed by atoms with van der Waals surface area (Å²) in [5.41, 5.74) is 2.13. The summed E-state index contributed by atoms with van der Waals surface area (Å²) in [7, 11) is 1.77. The third-order valence-corrected chi connectivity index (χ3v) is 4.46. The van der Waals surface area contributed by atoms with Crippen LogP contribution >= 0.6 is 24.0 Å². The molecule has 1 atom stereocenters. The van der Waals surface area contributed by atoms with Crippen LogP contribution in [0.4, 0.5) is 0 Å². The lowest BCUT2D eigenvalue weighted by Gasteiger charge is -2.15. The number of halogens is 1. The van der Waals surface area contributed by atoms with Gasteiger partial charge in [0, 0.05) is 32.6 Å². The maximum Gasteiger partial charge on any atom is 0.191 e. The molecule has 7 nitrogen and oxygen atoms in total. The van der Waals surface area contributed by atoms with Gasteiger partial charge in [0.2, 0.25) is 0 Å². The molecule has 0 spiro atoms. The standard InChI is InChI=1S/C19H22N6O.HI/c1-20-19(22-13-15-12-14-6-2-3-7-16(14)26-15)21-10-9-18-24-23-17-8-4-5-11-25(17)18;/h2-8,11,15H,9-10,12-13H2,1H3,(H2,20,21,22);1H. The van der Waals surface area contributed by atoms with Crippen LogP contribution in [0.15, 0.2) is 53.7 Å². The van der Waals surface area contributed by atoms with Gasteiger partial charge in [-0.05, 0) is 23.8 Å². The summed E-state index contributed by atoms with van der Waals surface area (Å²) in [6.07, 6.45) is 3.79. The minimum atomic E-state index is 0. The molecular formula is C19H23IN6O. The second kappa shape index (κ2) is 9.03. The number of rotatable bonds is 5. The Bertz CT molecular complexity index is 900. The van der Waals surface area contributed by atoms with Crippen LogP contribution in [0.5, 0.6) is 5.75 Å². The number of ether oxygens (including phenoxy) is 1. The Morgan fingerprint density at radius 1 is 1.19 bits per heavy atom. The number of benzene rings is 1. The van der Waals surface area contributed by atoms with Crippen molar-refractivity contribution in [2.24, 2.45) is 4.99 Å². The molecule has 1 unspecified atom stereocenters. The lowest BCUT2D eigenvalue weighted by Crippen LogP contribution is -2.43. The predicted octanol–water partition coefficient (Wildman–Crippen LogP) is 2.06. The van der Waals surface area contributed by atoms with E-state index in [4.69, 9.17) is 4.74 Å². The molecule has 2 N–H and O–H groups in total. The fraction of sp³-hybridized carbons (Fsp3) is 0.316. The molecule has 1 aromatic carbocycles. The molecule has 4 rings (SSSR count). The summed E-state index contributed by atoms with van der Waals surface area (Å²) >= 11 is 0. The van der Waals surface area contributed by atoms with E-state index in [1.54, 1.807) is 7.05 Å².